The van der Waals surface area contributed by atoms with E-state index in [9.17, 15) is 9.59 Å². The number of aromatic nitrogens is 1. The van der Waals surface area contributed by atoms with Crippen molar-refractivity contribution in [3.63, 3.8) is 0 Å². The average Bonchev–Trinajstić information content (AvgIpc) is 2.90. The summed E-state index contributed by atoms with van der Waals surface area (Å²) in [5, 5.41) is 1.72. The van der Waals surface area contributed by atoms with Gasteiger partial charge in [0, 0.05) is 29.5 Å². The van der Waals surface area contributed by atoms with Gasteiger partial charge in [-0.1, -0.05) is 60.7 Å². The highest BCUT2D eigenvalue weighted by Gasteiger charge is 2.44. The van der Waals surface area contributed by atoms with Crippen molar-refractivity contribution in [3.05, 3.63) is 112 Å². The number of hydrogen-bond acceptors (Lipinski definition) is 6. The van der Waals surface area contributed by atoms with Gasteiger partial charge in [0.1, 0.15) is 11.3 Å². The van der Waals surface area contributed by atoms with E-state index in [1.54, 1.807) is 12.3 Å². The Morgan fingerprint density at radius 1 is 0.971 bits per heavy atom. The number of pyridine rings is 1. The number of Topliss-reactive ketones (excluding diaryl/α,β-unsaturated/α-hetero) is 1. The number of nitrogens with zero attached hydrogens (tertiary/aromatic N) is 2. The van der Waals surface area contributed by atoms with Gasteiger partial charge in [0.2, 0.25) is 0 Å². The molecule has 0 aliphatic carbocycles. The van der Waals surface area contributed by atoms with Gasteiger partial charge in [-0.05, 0) is 23.8 Å². The van der Waals surface area contributed by atoms with Crippen molar-refractivity contribution in [1.82, 2.24) is 4.98 Å². The second-order valence-corrected chi connectivity index (χ2v) is 8.98. The molecule has 2 aliphatic rings. The molecule has 35 heavy (non-hydrogen) atoms. The number of hydrogen-bond donors (Lipinski definition) is 0. The normalized spacial score (nSPS) is 18.1. The average molecular weight is 460 g/mol. The van der Waals surface area contributed by atoms with E-state index in [0.717, 1.165) is 27.5 Å². The lowest BCUT2D eigenvalue weighted by Crippen LogP contribution is -2.50. The van der Waals surface area contributed by atoms with Crippen LogP contribution < -0.4 is 15.3 Å². The molecule has 6 heteroatoms. The standard InChI is InChI=1S/C29H20N2O4/c32-22(17-7-2-1-3-8-17)16-31-24-15-21(19-13-12-18-9-6-14-30-26(18)27(19)31)25-28(35-24)20-10-4-5-11-23(20)34-29(25)33/h1-14,21,24H,15-16H2. The largest absolute Gasteiger partial charge is 0.469 e. The molecular weight excluding hydrogens is 440 g/mol. The van der Waals surface area contributed by atoms with Gasteiger partial charge in [-0.2, -0.15) is 0 Å². The molecule has 0 spiro atoms. The molecule has 6 nitrogen and oxygen atoms in total. The second kappa shape index (κ2) is 7.53. The Morgan fingerprint density at radius 2 is 1.80 bits per heavy atom. The second-order valence-electron chi connectivity index (χ2n) is 8.98. The van der Waals surface area contributed by atoms with Crippen LogP contribution in [0.4, 0.5) is 5.69 Å². The first-order valence-electron chi connectivity index (χ1n) is 11.6. The monoisotopic (exact) mass is 460 g/mol. The molecule has 4 heterocycles. The Hall–Kier alpha value is -4.45. The van der Waals surface area contributed by atoms with Crippen molar-refractivity contribution in [2.24, 2.45) is 0 Å². The molecule has 2 unspecified atom stereocenters. The fourth-order valence-corrected chi connectivity index (χ4v) is 5.46. The molecule has 2 aliphatic heterocycles. The van der Waals surface area contributed by atoms with Crippen LogP contribution in [0.2, 0.25) is 0 Å². The van der Waals surface area contributed by atoms with E-state index < -0.39 is 6.23 Å². The third-order valence-corrected chi connectivity index (χ3v) is 7.04. The SMILES string of the molecule is O=C(CN1c2c(ccc3cccnc23)C2CC1Oc1c2c(=O)oc2ccccc12)c1ccccc1. The van der Waals surface area contributed by atoms with Crippen LogP contribution in [-0.4, -0.2) is 23.5 Å². The zero-order valence-electron chi connectivity index (χ0n) is 18.7. The summed E-state index contributed by atoms with van der Waals surface area (Å²) in [4.78, 5) is 33.2. The molecule has 2 aromatic heterocycles. The minimum Gasteiger partial charge on any atom is -0.469 e. The van der Waals surface area contributed by atoms with Crippen molar-refractivity contribution in [1.29, 1.82) is 0 Å². The van der Waals surface area contributed by atoms with Gasteiger partial charge in [0.05, 0.1) is 28.7 Å². The number of carbonyl (C=O) groups is 1. The van der Waals surface area contributed by atoms with Crippen LogP contribution in [0.5, 0.6) is 5.75 Å². The third-order valence-electron chi connectivity index (χ3n) is 7.04. The van der Waals surface area contributed by atoms with Crippen LogP contribution >= 0.6 is 0 Å². The van der Waals surface area contributed by atoms with Crippen LogP contribution in [-0.2, 0) is 0 Å². The molecule has 0 saturated carbocycles. The predicted octanol–water partition coefficient (Wildman–Crippen LogP) is 5.28. The lowest BCUT2D eigenvalue weighted by Gasteiger charge is -2.45. The highest BCUT2D eigenvalue weighted by molar-refractivity contribution is 6.02. The van der Waals surface area contributed by atoms with E-state index in [4.69, 9.17) is 9.15 Å². The summed E-state index contributed by atoms with van der Waals surface area (Å²) in [7, 11) is 0. The van der Waals surface area contributed by atoms with Crippen molar-refractivity contribution in [2.45, 2.75) is 18.6 Å². The maximum absolute atomic E-state index is 13.3. The minimum absolute atomic E-state index is 0.00485. The number of carbonyl (C=O) groups excluding carboxylic acids is 1. The van der Waals surface area contributed by atoms with E-state index in [1.807, 2.05) is 77.7 Å². The number of fused-ring (bicyclic) bond motifs is 10. The van der Waals surface area contributed by atoms with Gasteiger partial charge in [-0.25, -0.2) is 4.79 Å². The summed E-state index contributed by atoms with van der Waals surface area (Å²) >= 11 is 0. The molecular formula is C29H20N2O4. The van der Waals surface area contributed by atoms with Crippen LogP contribution in [0.15, 0.2) is 94.3 Å². The maximum Gasteiger partial charge on any atom is 0.343 e. The molecule has 170 valence electrons. The molecule has 0 fully saturated rings. The Kier molecular flexibility index (Phi) is 4.30. The zero-order valence-corrected chi connectivity index (χ0v) is 18.7. The summed E-state index contributed by atoms with van der Waals surface area (Å²) in [6, 6.07) is 24.6. The first-order valence-corrected chi connectivity index (χ1v) is 11.6. The summed E-state index contributed by atoms with van der Waals surface area (Å²) in [6.45, 7) is 0.138. The Labute approximate surface area is 200 Å². The lowest BCUT2D eigenvalue weighted by molar-refractivity contribution is 0.0962. The fraction of sp³-hybridized carbons (Fsp3) is 0.138. The van der Waals surface area contributed by atoms with E-state index in [1.165, 1.54) is 0 Å². The van der Waals surface area contributed by atoms with Crippen LogP contribution in [0, 0.1) is 0 Å². The zero-order chi connectivity index (χ0) is 23.5. The van der Waals surface area contributed by atoms with Gasteiger partial charge < -0.3 is 14.1 Å². The Morgan fingerprint density at radius 3 is 2.69 bits per heavy atom. The molecule has 7 rings (SSSR count). The molecule has 2 bridgehead atoms. The first-order chi connectivity index (χ1) is 17.2. The van der Waals surface area contributed by atoms with Gasteiger partial charge in [-0.3, -0.25) is 9.78 Å². The summed E-state index contributed by atoms with van der Waals surface area (Å²) in [6.07, 6.45) is 1.87. The third kappa shape index (κ3) is 2.99. The van der Waals surface area contributed by atoms with E-state index in [0.29, 0.717) is 28.9 Å². The van der Waals surface area contributed by atoms with Gasteiger partial charge >= 0.3 is 5.63 Å². The number of para-hydroxylation sites is 1. The van der Waals surface area contributed by atoms with Crippen molar-refractivity contribution >= 4 is 33.3 Å². The van der Waals surface area contributed by atoms with E-state index in [-0.39, 0.29) is 23.9 Å². The Balaban J connectivity index is 1.46. The molecule has 0 N–H and O–H groups in total. The van der Waals surface area contributed by atoms with Gasteiger partial charge in [-0.15, -0.1) is 0 Å². The van der Waals surface area contributed by atoms with Crippen molar-refractivity contribution in [3.8, 4) is 5.75 Å². The lowest BCUT2D eigenvalue weighted by atomic mass is 9.80. The van der Waals surface area contributed by atoms with Crippen LogP contribution in [0.25, 0.3) is 21.9 Å². The van der Waals surface area contributed by atoms with Crippen LogP contribution in [0.1, 0.15) is 33.8 Å². The molecule has 2 atom stereocenters. The highest BCUT2D eigenvalue weighted by Crippen LogP contribution is 2.51. The summed E-state index contributed by atoms with van der Waals surface area (Å²) in [5.74, 6) is 0.325. The minimum atomic E-state index is -0.425. The number of anilines is 1. The number of ether oxygens (including phenoxy) is 1. The van der Waals surface area contributed by atoms with Crippen molar-refractivity contribution < 1.29 is 13.9 Å². The van der Waals surface area contributed by atoms with Crippen LogP contribution in [0.3, 0.4) is 0 Å². The fourth-order valence-electron chi connectivity index (χ4n) is 5.46. The van der Waals surface area contributed by atoms with Gasteiger partial charge in [0.25, 0.3) is 0 Å². The topological polar surface area (TPSA) is 72.6 Å². The van der Waals surface area contributed by atoms with Crippen molar-refractivity contribution in [2.75, 3.05) is 11.4 Å². The summed E-state index contributed by atoms with van der Waals surface area (Å²) < 4.78 is 12.2. The number of benzene rings is 3. The first kappa shape index (κ1) is 20.0. The molecule has 3 aromatic carbocycles. The smallest absolute Gasteiger partial charge is 0.343 e. The van der Waals surface area contributed by atoms with E-state index >= 15 is 0 Å². The molecule has 0 saturated heterocycles. The van der Waals surface area contributed by atoms with E-state index in [2.05, 4.69) is 4.98 Å². The summed E-state index contributed by atoms with van der Waals surface area (Å²) in [5.41, 5.74) is 3.87. The molecule has 5 aromatic rings. The predicted molar refractivity (Wildman–Crippen MR) is 133 cm³/mol. The molecule has 0 amide bonds. The Bertz CT molecular complexity index is 1690. The quantitative estimate of drug-likeness (QED) is 0.269. The highest BCUT2D eigenvalue weighted by atomic mass is 16.5. The molecule has 0 radical (unpaired) electrons. The number of ketones is 1. The maximum atomic E-state index is 13.3. The number of rotatable bonds is 3. The van der Waals surface area contributed by atoms with Gasteiger partial charge in [0.15, 0.2) is 12.0 Å².